The molecule has 4 rings (SSSR count). The average molecular weight is 487 g/mol. The lowest BCUT2D eigenvalue weighted by molar-refractivity contribution is 0.0697. The lowest BCUT2D eigenvalue weighted by Gasteiger charge is -2.34. The molecule has 1 aliphatic heterocycles. The van der Waals surface area contributed by atoms with Crippen LogP contribution in [0.2, 0.25) is 0 Å². The van der Waals surface area contributed by atoms with Crippen molar-refractivity contribution in [3.05, 3.63) is 89.5 Å². The molecule has 178 valence electrons. The molecule has 0 spiro atoms. The van der Waals surface area contributed by atoms with E-state index in [9.17, 15) is 27.1 Å². The van der Waals surface area contributed by atoms with Crippen LogP contribution in [-0.2, 0) is 16.4 Å². The fourth-order valence-corrected chi connectivity index (χ4v) is 5.29. The fraction of sp³-hybridized carbons (Fsp3) is 0.240. The molecule has 0 aromatic heterocycles. The van der Waals surface area contributed by atoms with Crippen molar-refractivity contribution >= 4 is 27.4 Å². The number of aromatic carboxylic acids is 1. The monoisotopic (exact) mass is 486 g/mol. The van der Waals surface area contributed by atoms with E-state index >= 15 is 0 Å². The molecular formula is C25H24F2N2O4S. The highest BCUT2D eigenvalue weighted by atomic mass is 32.2. The molecule has 0 atom stereocenters. The van der Waals surface area contributed by atoms with Crippen LogP contribution >= 0.6 is 0 Å². The molecule has 0 saturated carbocycles. The number of halogens is 2. The molecule has 2 N–H and O–H groups in total. The van der Waals surface area contributed by atoms with Gasteiger partial charge in [-0.05, 0) is 67.1 Å². The van der Waals surface area contributed by atoms with E-state index in [0.29, 0.717) is 30.8 Å². The van der Waals surface area contributed by atoms with Gasteiger partial charge in [-0.25, -0.2) is 22.0 Å². The number of nitrogens with zero attached hydrogens (tertiary/aromatic N) is 1. The smallest absolute Gasteiger partial charge is 0.337 e. The SMILES string of the molecule is O=C(O)c1cc(NS(=O)(=O)c2ccc(F)c(F)c2)ccc1N1CCC(Cc2ccccc2)CC1. The van der Waals surface area contributed by atoms with Crippen LogP contribution in [0, 0.1) is 17.6 Å². The van der Waals surface area contributed by atoms with Gasteiger partial charge in [0.1, 0.15) is 0 Å². The van der Waals surface area contributed by atoms with Crippen LogP contribution in [0.1, 0.15) is 28.8 Å². The maximum Gasteiger partial charge on any atom is 0.337 e. The van der Waals surface area contributed by atoms with Crippen molar-refractivity contribution in [1.82, 2.24) is 0 Å². The van der Waals surface area contributed by atoms with E-state index in [-0.39, 0.29) is 11.3 Å². The van der Waals surface area contributed by atoms with E-state index < -0.39 is 32.5 Å². The van der Waals surface area contributed by atoms with E-state index in [4.69, 9.17) is 0 Å². The second-order valence-electron chi connectivity index (χ2n) is 8.34. The van der Waals surface area contributed by atoms with Crippen molar-refractivity contribution in [3.8, 4) is 0 Å². The fourth-order valence-electron chi connectivity index (χ4n) is 4.23. The van der Waals surface area contributed by atoms with Gasteiger partial charge in [0.15, 0.2) is 11.6 Å². The number of hydrogen-bond donors (Lipinski definition) is 2. The van der Waals surface area contributed by atoms with Gasteiger partial charge in [-0.2, -0.15) is 0 Å². The molecule has 0 unspecified atom stereocenters. The first-order chi connectivity index (χ1) is 16.2. The standard InChI is InChI=1S/C25H24F2N2O4S/c26-22-8-7-20(16-23(22)27)34(32,33)28-19-6-9-24(21(15-19)25(30)31)29-12-10-18(11-13-29)14-17-4-2-1-3-5-17/h1-9,15-16,18,28H,10-14H2,(H,30,31). The highest BCUT2D eigenvalue weighted by molar-refractivity contribution is 7.92. The minimum absolute atomic E-state index is 0.0184. The van der Waals surface area contributed by atoms with Crippen molar-refractivity contribution < 1.29 is 27.1 Å². The Balaban J connectivity index is 1.49. The zero-order chi connectivity index (χ0) is 24.3. The first-order valence-corrected chi connectivity index (χ1v) is 12.4. The van der Waals surface area contributed by atoms with Crippen LogP contribution in [-0.4, -0.2) is 32.6 Å². The number of rotatable bonds is 7. The Morgan fingerprint density at radius 1 is 0.971 bits per heavy atom. The van der Waals surface area contributed by atoms with Crippen molar-refractivity contribution in [2.24, 2.45) is 5.92 Å². The summed E-state index contributed by atoms with van der Waals surface area (Å²) < 4.78 is 54.0. The summed E-state index contributed by atoms with van der Waals surface area (Å²) in [6.45, 7) is 1.38. The van der Waals surface area contributed by atoms with Gasteiger partial charge in [0.05, 0.1) is 16.1 Å². The summed E-state index contributed by atoms with van der Waals surface area (Å²) in [6.07, 6.45) is 2.81. The Morgan fingerprint density at radius 3 is 2.32 bits per heavy atom. The summed E-state index contributed by atoms with van der Waals surface area (Å²) >= 11 is 0. The van der Waals surface area contributed by atoms with E-state index in [2.05, 4.69) is 16.9 Å². The minimum atomic E-state index is -4.23. The van der Waals surface area contributed by atoms with Gasteiger partial charge in [0.25, 0.3) is 10.0 Å². The Bertz CT molecular complexity index is 1290. The van der Waals surface area contributed by atoms with Crippen LogP contribution < -0.4 is 9.62 Å². The van der Waals surface area contributed by atoms with E-state index in [0.717, 1.165) is 31.4 Å². The minimum Gasteiger partial charge on any atom is -0.478 e. The third kappa shape index (κ3) is 5.36. The Kier molecular flexibility index (Phi) is 6.83. The Morgan fingerprint density at radius 2 is 1.68 bits per heavy atom. The normalized spacial score (nSPS) is 14.7. The number of anilines is 2. The molecule has 3 aromatic rings. The molecule has 0 aliphatic carbocycles. The maximum atomic E-state index is 13.5. The van der Waals surface area contributed by atoms with Gasteiger partial charge in [-0.3, -0.25) is 4.72 Å². The van der Waals surface area contributed by atoms with Crippen molar-refractivity contribution in [2.45, 2.75) is 24.2 Å². The van der Waals surface area contributed by atoms with Gasteiger partial charge in [0.2, 0.25) is 0 Å². The van der Waals surface area contributed by atoms with E-state index in [1.807, 2.05) is 23.1 Å². The molecule has 34 heavy (non-hydrogen) atoms. The van der Waals surface area contributed by atoms with Crippen LogP contribution in [0.15, 0.2) is 71.6 Å². The first-order valence-electron chi connectivity index (χ1n) is 10.9. The molecule has 0 amide bonds. The zero-order valence-electron chi connectivity index (χ0n) is 18.2. The van der Waals surface area contributed by atoms with Gasteiger partial charge >= 0.3 is 5.97 Å². The maximum absolute atomic E-state index is 13.5. The van der Waals surface area contributed by atoms with Crippen molar-refractivity contribution in [2.75, 3.05) is 22.7 Å². The predicted octanol–water partition coefficient (Wildman–Crippen LogP) is 4.92. The van der Waals surface area contributed by atoms with Crippen molar-refractivity contribution in [3.63, 3.8) is 0 Å². The molecule has 1 aliphatic rings. The largest absolute Gasteiger partial charge is 0.478 e. The lowest BCUT2D eigenvalue weighted by atomic mass is 9.90. The second kappa shape index (κ2) is 9.80. The highest BCUT2D eigenvalue weighted by Gasteiger charge is 2.24. The molecule has 9 heteroatoms. The third-order valence-electron chi connectivity index (χ3n) is 6.00. The van der Waals surface area contributed by atoms with Crippen LogP contribution in [0.5, 0.6) is 0 Å². The van der Waals surface area contributed by atoms with E-state index in [1.54, 1.807) is 6.07 Å². The number of benzene rings is 3. The van der Waals surface area contributed by atoms with Gasteiger partial charge in [-0.15, -0.1) is 0 Å². The number of carboxylic acids is 1. The topological polar surface area (TPSA) is 86.7 Å². The third-order valence-corrected chi connectivity index (χ3v) is 7.38. The summed E-state index contributed by atoms with van der Waals surface area (Å²) in [4.78, 5) is 13.5. The number of nitrogens with one attached hydrogen (secondary N) is 1. The molecule has 0 radical (unpaired) electrons. The molecule has 1 fully saturated rings. The number of sulfonamides is 1. The van der Waals surface area contributed by atoms with Gasteiger partial charge in [-0.1, -0.05) is 30.3 Å². The van der Waals surface area contributed by atoms with Gasteiger partial charge < -0.3 is 10.0 Å². The average Bonchev–Trinajstić information content (AvgIpc) is 2.82. The number of hydrogen-bond acceptors (Lipinski definition) is 4. The van der Waals surface area contributed by atoms with Crippen LogP contribution in [0.4, 0.5) is 20.2 Å². The van der Waals surface area contributed by atoms with Crippen LogP contribution in [0.25, 0.3) is 0 Å². The Hall–Kier alpha value is -3.46. The molecule has 1 saturated heterocycles. The van der Waals surface area contributed by atoms with Crippen LogP contribution in [0.3, 0.4) is 0 Å². The van der Waals surface area contributed by atoms with Crippen molar-refractivity contribution in [1.29, 1.82) is 0 Å². The molecule has 6 nitrogen and oxygen atoms in total. The first kappa shape index (κ1) is 23.7. The second-order valence-corrected chi connectivity index (χ2v) is 10.0. The summed E-state index contributed by atoms with van der Waals surface area (Å²) in [5, 5.41) is 9.75. The number of carboxylic acid groups (broad SMARTS) is 1. The zero-order valence-corrected chi connectivity index (χ0v) is 19.1. The predicted molar refractivity (Wildman–Crippen MR) is 126 cm³/mol. The number of carbonyl (C=O) groups is 1. The molecule has 0 bridgehead atoms. The molecule has 1 heterocycles. The van der Waals surface area contributed by atoms with Gasteiger partial charge in [0, 0.05) is 18.8 Å². The summed E-state index contributed by atoms with van der Waals surface area (Å²) in [7, 11) is -4.23. The number of piperidine rings is 1. The summed E-state index contributed by atoms with van der Waals surface area (Å²) in [6, 6.07) is 16.8. The quantitative estimate of drug-likeness (QED) is 0.495. The highest BCUT2D eigenvalue weighted by Crippen LogP contribution is 2.31. The Labute approximate surface area is 196 Å². The summed E-state index contributed by atoms with van der Waals surface area (Å²) in [5.41, 5.74) is 1.78. The van der Waals surface area contributed by atoms with E-state index in [1.165, 1.54) is 17.7 Å². The molecular weight excluding hydrogens is 462 g/mol. The summed E-state index contributed by atoms with van der Waals surface area (Å²) in [5.74, 6) is -3.13. The molecule has 3 aromatic carbocycles. The lowest BCUT2D eigenvalue weighted by Crippen LogP contribution is -2.35.